The third-order valence-electron chi connectivity index (χ3n) is 3.12. The van der Waals surface area contributed by atoms with Crippen molar-refractivity contribution >= 4 is 0 Å². The minimum atomic E-state index is 0.586. The summed E-state index contributed by atoms with van der Waals surface area (Å²) in [6.45, 7) is 7.48. The van der Waals surface area contributed by atoms with Gasteiger partial charge in [0, 0.05) is 6.42 Å². The highest BCUT2D eigenvalue weighted by Gasteiger charge is 1.94. The second-order valence-electron chi connectivity index (χ2n) is 5.75. The Bertz CT molecular complexity index is 389. The van der Waals surface area contributed by atoms with Crippen LogP contribution in [0.3, 0.4) is 0 Å². The first-order valence-corrected chi connectivity index (χ1v) is 7.65. The third-order valence-corrected chi connectivity index (χ3v) is 3.12. The molecule has 1 unspecified atom stereocenters. The molecule has 0 aliphatic heterocycles. The molecule has 1 rings (SSSR count). The number of rotatable bonds is 9. The fraction of sp³-hybridized carbons (Fsp3) is 0.474. The predicted molar refractivity (Wildman–Crippen MR) is 87.6 cm³/mol. The summed E-state index contributed by atoms with van der Waals surface area (Å²) in [5.41, 5.74) is 1.32. The van der Waals surface area contributed by atoms with Gasteiger partial charge in [0.25, 0.3) is 0 Å². The normalized spacial score (nSPS) is 13.4. The first kappa shape index (κ1) is 16.6. The molecule has 0 fully saturated rings. The maximum absolute atomic E-state index is 5.53. The summed E-state index contributed by atoms with van der Waals surface area (Å²) in [5.74, 6) is 1.33. The van der Waals surface area contributed by atoms with Gasteiger partial charge < -0.3 is 4.74 Å². The summed E-state index contributed by atoms with van der Waals surface area (Å²) >= 11 is 0. The first-order chi connectivity index (χ1) is 9.68. The van der Waals surface area contributed by atoms with E-state index in [0.717, 1.165) is 25.4 Å². The standard InChI is InChI=1S/C19H28O/c1-17(2)9-7-10-18(3)11-8-15-20-16-14-19-12-5-4-6-13-19/h4-8,10,12-13,15,17-18H,9,11,14,16H2,1-3H3. The maximum Gasteiger partial charge on any atom is 0.0913 e. The van der Waals surface area contributed by atoms with Gasteiger partial charge in [-0.3, -0.25) is 0 Å². The van der Waals surface area contributed by atoms with Gasteiger partial charge in [0.2, 0.25) is 0 Å². The number of hydrogen-bond donors (Lipinski definition) is 0. The average Bonchev–Trinajstić information content (AvgIpc) is 2.43. The second-order valence-corrected chi connectivity index (χ2v) is 5.75. The Morgan fingerprint density at radius 1 is 1.00 bits per heavy atom. The molecule has 0 amide bonds. The molecule has 0 saturated heterocycles. The fourth-order valence-corrected chi connectivity index (χ4v) is 1.89. The van der Waals surface area contributed by atoms with Crippen molar-refractivity contribution in [3.05, 3.63) is 60.4 Å². The van der Waals surface area contributed by atoms with Crippen LogP contribution < -0.4 is 0 Å². The van der Waals surface area contributed by atoms with Crippen LogP contribution in [0.25, 0.3) is 0 Å². The van der Waals surface area contributed by atoms with Crippen molar-refractivity contribution in [3.8, 4) is 0 Å². The Hall–Kier alpha value is -1.50. The van der Waals surface area contributed by atoms with Crippen LogP contribution >= 0.6 is 0 Å². The molecule has 0 N–H and O–H groups in total. The average molecular weight is 272 g/mol. The van der Waals surface area contributed by atoms with Crippen LogP contribution in [-0.2, 0) is 11.2 Å². The lowest BCUT2D eigenvalue weighted by molar-refractivity contribution is 0.252. The summed E-state index contributed by atoms with van der Waals surface area (Å²) in [7, 11) is 0. The molecule has 1 aromatic rings. The molecule has 1 atom stereocenters. The van der Waals surface area contributed by atoms with E-state index in [0.29, 0.717) is 5.92 Å². The molecule has 110 valence electrons. The Balaban J connectivity index is 2.08. The molecule has 0 aliphatic carbocycles. The van der Waals surface area contributed by atoms with Crippen LogP contribution in [0, 0.1) is 11.8 Å². The zero-order valence-electron chi connectivity index (χ0n) is 13.1. The van der Waals surface area contributed by atoms with Crippen molar-refractivity contribution in [2.24, 2.45) is 11.8 Å². The molecule has 0 aliphatic rings. The molecule has 20 heavy (non-hydrogen) atoms. The highest BCUT2D eigenvalue weighted by molar-refractivity contribution is 5.14. The van der Waals surface area contributed by atoms with Gasteiger partial charge in [0.15, 0.2) is 0 Å². The summed E-state index contributed by atoms with van der Waals surface area (Å²) in [5, 5.41) is 0. The van der Waals surface area contributed by atoms with E-state index in [2.05, 4.69) is 63.3 Å². The second kappa shape index (κ2) is 10.3. The van der Waals surface area contributed by atoms with Crippen molar-refractivity contribution in [2.45, 2.75) is 40.0 Å². The Morgan fingerprint density at radius 2 is 1.75 bits per heavy atom. The SMILES string of the molecule is CC(C)CC=CC(C)CC=COCCc1ccccc1. The molecule has 0 heterocycles. The molecule has 1 heteroatoms. The Morgan fingerprint density at radius 3 is 2.45 bits per heavy atom. The molecule has 0 spiro atoms. The molecular weight excluding hydrogens is 244 g/mol. The van der Waals surface area contributed by atoms with E-state index in [1.807, 2.05) is 12.3 Å². The summed E-state index contributed by atoms with van der Waals surface area (Å²) in [6.07, 6.45) is 11.7. The van der Waals surface area contributed by atoms with Gasteiger partial charge in [-0.2, -0.15) is 0 Å². The van der Waals surface area contributed by atoms with Crippen molar-refractivity contribution in [3.63, 3.8) is 0 Å². The lowest BCUT2D eigenvalue weighted by atomic mass is 10.0. The van der Waals surface area contributed by atoms with Gasteiger partial charge in [-0.25, -0.2) is 0 Å². The monoisotopic (exact) mass is 272 g/mol. The van der Waals surface area contributed by atoms with E-state index in [9.17, 15) is 0 Å². The van der Waals surface area contributed by atoms with Crippen molar-refractivity contribution in [2.75, 3.05) is 6.61 Å². The van der Waals surface area contributed by atoms with Crippen LogP contribution in [0.5, 0.6) is 0 Å². The molecule has 0 radical (unpaired) electrons. The van der Waals surface area contributed by atoms with Crippen molar-refractivity contribution in [1.29, 1.82) is 0 Å². The Labute approximate surface area is 124 Å². The molecule has 0 bridgehead atoms. The highest BCUT2D eigenvalue weighted by atomic mass is 16.5. The predicted octanol–water partition coefficient (Wildman–Crippen LogP) is 5.39. The number of ether oxygens (including phenoxy) is 1. The van der Waals surface area contributed by atoms with E-state index in [1.54, 1.807) is 0 Å². The summed E-state index contributed by atoms with van der Waals surface area (Å²) in [6, 6.07) is 10.4. The Kier molecular flexibility index (Phi) is 8.53. The van der Waals surface area contributed by atoms with E-state index in [4.69, 9.17) is 4.74 Å². The van der Waals surface area contributed by atoms with Gasteiger partial charge in [0.05, 0.1) is 12.9 Å². The molecular formula is C19H28O. The number of allylic oxidation sites excluding steroid dienone is 3. The minimum absolute atomic E-state index is 0.586. The molecule has 0 aromatic heterocycles. The highest BCUT2D eigenvalue weighted by Crippen LogP contribution is 2.08. The van der Waals surface area contributed by atoms with Crippen molar-refractivity contribution in [1.82, 2.24) is 0 Å². The first-order valence-electron chi connectivity index (χ1n) is 7.65. The van der Waals surface area contributed by atoms with Crippen LogP contribution in [0.2, 0.25) is 0 Å². The largest absolute Gasteiger partial charge is 0.501 e. The van der Waals surface area contributed by atoms with Crippen LogP contribution in [-0.4, -0.2) is 6.61 Å². The number of benzene rings is 1. The summed E-state index contributed by atoms with van der Waals surface area (Å²) < 4.78 is 5.53. The zero-order valence-corrected chi connectivity index (χ0v) is 13.1. The van der Waals surface area contributed by atoms with E-state index < -0.39 is 0 Å². The number of hydrogen-bond acceptors (Lipinski definition) is 1. The summed E-state index contributed by atoms with van der Waals surface area (Å²) in [4.78, 5) is 0. The van der Waals surface area contributed by atoms with Crippen molar-refractivity contribution < 1.29 is 4.74 Å². The van der Waals surface area contributed by atoms with Crippen LogP contribution in [0.1, 0.15) is 39.2 Å². The van der Waals surface area contributed by atoms with Gasteiger partial charge in [0.1, 0.15) is 0 Å². The van der Waals surface area contributed by atoms with Gasteiger partial charge in [-0.1, -0.05) is 63.3 Å². The van der Waals surface area contributed by atoms with E-state index in [-0.39, 0.29) is 0 Å². The smallest absolute Gasteiger partial charge is 0.0913 e. The minimum Gasteiger partial charge on any atom is -0.501 e. The van der Waals surface area contributed by atoms with Gasteiger partial charge in [-0.15, -0.1) is 0 Å². The van der Waals surface area contributed by atoms with Gasteiger partial charge >= 0.3 is 0 Å². The van der Waals surface area contributed by atoms with Crippen LogP contribution in [0.4, 0.5) is 0 Å². The van der Waals surface area contributed by atoms with Gasteiger partial charge in [-0.05, 0) is 36.3 Å². The molecule has 0 saturated carbocycles. The third kappa shape index (κ3) is 8.58. The quantitative estimate of drug-likeness (QED) is 0.333. The molecule has 1 nitrogen and oxygen atoms in total. The molecule has 1 aromatic carbocycles. The lowest BCUT2D eigenvalue weighted by Gasteiger charge is -2.04. The van der Waals surface area contributed by atoms with Crippen LogP contribution in [0.15, 0.2) is 54.8 Å². The van der Waals surface area contributed by atoms with E-state index in [1.165, 1.54) is 12.0 Å². The topological polar surface area (TPSA) is 9.23 Å². The maximum atomic E-state index is 5.53. The zero-order chi connectivity index (χ0) is 14.6. The fourth-order valence-electron chi connectivity index (χ4n) is 1.89. The van der Waals surface area contributed by atoms with E-state index >= 15 is 0 Å². The lowest BCUT2D eigenvalue weighted by Crippen LogP contribution is -1.93.